The van der Waals surface area contributed by atoms with E-state index in [2.05, 4.69) is 6.07 Å². The maximum absolute atomic E-state index is 12.1. The number of hydrogen-bond donors (Lipinski definition) is 1. The van der Waals surface area contributed by atoms with Crippen molar-refractivity contribution in [3.63, 3.8) is 0 Å². The highest BCUT2D eigenvalue weighted by Gasteiger charge is 2.43. The van der Waals surface area contributed by atoms with Crippen LogP contribution in [-0.2, 0) is 10.0 Å². The number of rotatable bonds is 4. The van der Waals surface area contributed by atoms with Crippen molar-refractivity contribution in [2.75, 3.05) is 45.0 Å². The Balaban J connectivity index is 2.00. The molecule has 1 N–H and O–H groups in total. The summed E-state index contributed by atoms with van der Waals surface area (Å²) in [6.45, 7) is 4.35. The topological polar surface area (TPSA) is 105 Å². The summed E-state index contributed by atoms with van der Waals surface area (Å²) in [6, 6.07) is 2.37. The molecule has 2 aliphatic rings. The van der Waals surface area contributed by atoms with Gasteiger partial charge >= 0.3 is 6.09 Å². The molecule has 0 aliphatic carbocycles. The Kier molecular flexibility index (Phi) is 5.49. The predicted octanol–water partition coefficient (Wildman–Crippen LogP) is 0.380. The zero-order valence-corrected chi connectivity index (χ0v) is 14.3. The number of carboxylic acid groups (broad SMARTS) is 1. The van der Waals surface area contributed by atoms with Crippen LogP contribution < -0.4 is 0 Å². The van der Waals surface area contributed by atoms with E-state index in [0.717, 1.165) is 0 Å². The third-order valence-electron chi connectivity index (χ3n) is 4.77. The second kappa shape index (κ2) is 7.03. The van der Waals surface area contributed by atoms with E-state index in [0.29, 0.717) is 58.5 Å². The Morgan fingerprint density at radius 3 is 2.17 bits per heavy atom. The summed E-state index contributed by atoms with van der Waals surface area (Å²) in [4.78, 5) is 14.3. The number of piperidine rings is 1. The summed E-state index contributed by atoms with van der Waals surface area (Å²) in [6.07, 6.45) is 0.592. The lowest BCUT2D eigenvalue weighted by molar-refractivity contribution is 0.0359. The second-order valence-corrected chi connectivity index (χ2v) is 8.20. The molecule has 23 heavy (non-hydrogen) atoms. The highest BCUT2D eigenvalue weighted by atomic mass is 32.2. The minimum absolute atomic E-state index is 0.143. The van der Waals surface area contributed by atoms with Crippen LogP contribution in [0.4, 0.5) is 4.79 Å². The van der Waals surface area contributed by atoms with Crippen molar-refractivity contribution in [1.82, 2.24) is 14.1 Å². The molecule has 2 heterocycles. The van der Waals surface area contributed by atoms with Gasteiger partial charge in [0.25, 0.3) is 0 Å². The zero-order valence-electron chi connectivity index (χ0n) is 13.4. The van der Waals surface area contributed by atoms with Gasteiger partial charge in [0.15, 0.2) is 0 Å². The highest BCUT2D eigenvalue weighted by Crippen LogP contribution is 2.30. The standard InChI is InChI=1S/C14H24N4O4S/c1-2-11-23(21,22)18-5-3-14(12-15,4-6-18)17-9-7-16(8-10-17)13(19)20/h2-11H2,1H3,(H,19,20). The molecule has 0 radical (unpaired) electrons. The van der Waals surface area contributed by atoms with Crippen LogP contribution in [0.15, 0.2) is 0 Å². The molecule has 0 saturated carbocycles. The summed E-state index contributed by atoms with van der Waals surface area (Å²) in [7, 11) is -3.22. The summed E-state index contributed by atoms with van der Waals surface area (Å²) in [5.41, 5.74) is -0.678. The van der Waals surface area contributed by atoms with Crippen LogP contribution in [0.5, 0.6) is 0 Å². The first-order valence-electron chi connectivity index (χ1n) is 7.96. The smallest absolute Gasteiger partial charge is 0.407 e. The van der Waals surface area contributed by atoms with Gasteiger partial charge in [-0.3, -0.25) is 4.90 Å². The van der Waals surface area contributed by atoms with Gasteiger partial charge in [0.05, 0.1) is 11.8 Å². The molecule has 2 saturated heterocycles. The molecule has 1 amide bonds. The number of nitrogens with zero attached hydrogens (tertiary/aromatic N) is 4. The van der Waals surface area contributed by atoms with Gasteiger partial charge in [0.1, 0.15) is 5.54 Å². The van der Waals surface area contributed by atoms with Gasteiger partial charge in [-0.15, -0.1) is 0 Å². The third kappa shape index (κ3) is 3.76. The van der Waals surface area contributed by atoms with E-state index in [4.69, 9.17) is 5.11 Å². The van der Waals surface area contributed by atoms with E-state index in [1.54, 1.807) is 0 Å². The molecule has 2 fully saturated rings. The van der Waals surface area contributed by atoms with Crippen molar-refractivity contribution in [2.45, 2.75) is 31.7 Å². The van der Waals surface area contributed by atoms with Crippen molar-refractivity contribution in [3.8, 4) is 6.07 Å². The number of hydrogen-bond acceptors (Lipinski definition) is 5. The molecule has 0 aromatic heterocycles. The van der Waals surface area contributed by atoms with Crippen LogP contribution in [0.3, 0.4) is 0 Å². The normalized spacial score (nSPS) is 23.4. The van der Waals surface area contributed by atoms with Crippen molar-refractivity contribution >= 4 is 16.1 Å². The predicted molar refractivity (Wildman–Crippen MR) is 84.4 cm³/mol. The molecule has 2 aliphatic heterocycles. The molecule has 9 heteroatoms. The third-order valence-corrected chi connectivity index (χ3v) is 6.84. The van der Waals surface area contributed by atoms with E-state index in [1.807, 2.05) is 11.8 Å². The Morgan fingerprint density at radius 1 is 1.17 bits per heavy atom. The minimum atomic E-state index is -3.22. The quantitative estimate of drug-likeness (QED) is 0.790. The van der Waals surface area contributed by atoms with Gasteiger partial charge in [-0.1, -0.05) is 6.92 Å². The average Bonchev–Trinajstić information content (AvgIpc) is 2.55. The molecule has 0 unspecified atom stereocenters. The highest BCUT2D eigenvalue weighted by molar-refractivity contribution is 7.89. The Labute approximate surface area is 137 Å². The summed E-state index contributed by atoms with van der Waals surface area (Å²) in [5.74, 6) is 0.143. The molecule has 0 aromatic rings. The van der Waals surface area contributed by atoms with Crippen LogP contribution in [-0.4, -0.2) is 84.3 Å². The van der Waals surface area contributed by atoms with Crippen molar-refractivity contribution in [2.24, 2.45) is 0 Å². The fourth-order valence-corrected chi connectivity index (χ4v) is 4.86. The van der Waals surface area contributed by atoms with E-state index in [1.165, 1.54) is 9.21 Å². The molecule has 0 aromatic carbocycles. The first-order chi connectivity index (χ1) is 10.8. The van der Waals surface area contributed by atoms with Crippen LogP contribution in [0.2, 0.25) is 0 Å². The lowest BCUT2D eigenvalue weighted by Crippen LogP contribution is -2.61. The number of sulfonamides is 1. The van der Waals surface area contributed by atoms with Crippen molar-refractivity contribution < 1.29 is 18.3 Å². The average molecular weight is 344 g/mol. The molecule has 0 atom stereocenters. The molecule has 8 nitrogen and oxygen atoms in total. The van der Waals surface area contributed by atoms with Crippen molar-refractivity contribution in [1.29, 1.82) is 5.26 Å². The molecular weight excluding hydrogens is 320 g/mol. The maximum atomic E-state index is 12.1. The molecular formula is C14H24N4O4S. The van der Waals surface area contributed by atoms with Crippen molar-refractivity contribution in [3.05, 3.63) is 0 Å². The summed E-state index contributed by atoms with van der Waals surface area (Å²) < 4.78 is 25.8. The number of nitriles is 1. The minimum Gasteiger partial charge on any atom is -0.465 e. The fraction of sp³-hybridized carbons (Fsp3) is 0.857. The maximum Gasteiger partial charge on any atom is 0.407 e. The Bertz CT molecular complexity index is 570. The van der Waals surface area contributed by atoms with E-state index in [9.17, 15) is 18.5 Å². The monoisotopic (exact) mass is 344 g/mol. The van der Waals surface area contributed by atoms with Crippen LogP contribution in [0.1, 0.15) is 26.2 Å². The van der Waals surface area contributed by atoms with Gasteiger partial charge in [-0.05, 0) is 19.3 Å². The van der Waals surface area contributed by atoms with Gasteiger partial charge in [0, 0.05) is 39.3 Å². The van der Waals surface area contributed by atoms with Gasteiger partial charge in [-0.2, -0.15) is 5.26 Å². The number of carbonyl (C=O) groups is 1. The first kappa shape index (κ1) is 18.0. The van der Waals surface area contributed by atoms with Gasteiger partial charge < -0.3 is 10.0 Å². The van der Waals surface area contributed by atoms with Crippen LogP contribution >= 0.6 is 0 Å². The van der Waals surface area contributed by atoms with Gasteiger partial charge in [0.2, 0.25) is 10.0 Å². The van der Waals surface area contributed by atoms with Crippen LogP contribution in [0.25, 0.3) is 0 Å². The lowest BCUT2D eigenvalue weighted by atomic mass is 9.87. The second-order valence-electron chi connectivity index (χ2n) is 6.12. The zero-order chi connectivity index (χ0) is 17.1. The van der Waals surface area contributed by atoms with E-state index in [-0.39, 0.29) is 5.75 Å². The van der Waals surface area contributed by atoms with Gasteiger partial charge in [-0.25, -0.2) is 17.5 Å². The Hall–Kier alpha value is -1.37. The molecule has 2 rings (SSSR count). The lowest BCUT2D eigenvalue weighted by Gasteiger charge is -2.46. The number of amides is 1. The molecule has 0 spiro atoms. The largest absolute Gasteiger partial charge is 0.465 e. The Morgan fingerprint density at radius 2 is 1.74 bits per heavy atom. The summed E-state index contributed by atoms with van der Waals surface area (Å²) >= 11 is 0. The molecule has 0 bridgehead atoms. The summed E-state index contributed by atoms with van der Waals surface area (Å²) in [5, 5.41) is 18.7. The first-order valence-corrected chi connectivity index (χ1v) is 9.57. The van der Waals surface area contributed by atoms with E-state index < -0.39 is 21.7 Å². The van der Waals surface area contributed by atoms with E-state index >= 15 is 0 Å². The molecule has 130 valence electrons. The SMILES string of the molecule is CCCS(=O)(=O)N1CCC(C#N)(N2CCN(C(=O)O)CC2)CC1. The number of piperazine rings is 1. The fourth-order valence-electron chi connectivity index (χ4n) is 3.35. The van der Waals surface area contributed by atoms with Crippen LogP contribution in [0, 0.1) is 11.3 Å².